The Bertz CT molecular complexity index is 669. The van der Waals surface area contributed by atoms with Gasteiger partial charge in [-0.1, -0.05) is 6.07 Å². The Morgan fingerprint density at radius 2 is 2.17 bits per heavy atom. The fourth-order valence-electron chi connectivity index (χ4n) is 2.86. The van der Waals surface area contributed by atoms with Crippen LogP contribution in [0, 0.1) is 0 Å². The highest BCUT2D eigenvalue weighted by molar-refractivity contribution is 6.06. The monoisotopic (exact) mass is 326 g/mol. The van der Waals surface area contributed by atoms with Gasteiger partial charge in [0, 0.05) is 30.3 Å². The molecule has 24 heavy (non-hydrogen) atoms. The van der Waals surface area contributed by atoms with E-state index in [9.17, 15) is 4.79 Å². The summed E-state index contributed by atoms with van der Waals surface area (Å²) in [5.41, 5.74) is 1.43. The summed E-state index contributed by atoms with van der Waals surface area (Å²) >= 11 is 0. The average molecular weight is 326 g/mol. The zero-order valence-electron chi connectivity index (χ0n) is 13.9. The van der Waals surface area contributed by atoms with Gasteiger partial charge in [0.15, 0.2) is 0 Å². The molecule has 1 aliphatic heterocycles. The molecule has 5 nitrogen and oxygen atoms in total. The quantitative estimate of drug-likeness (QED) is 0.817. The van der Waals surface area contributed by atoms with Gasteiger partial charge in [-0.25, -0.2) is 0 Å². The molecule has 0 aliphatic carbocycles. The van der Waals surface area contributed by atoms with E-state index in [4.69, 9.17) is 9.47 Å². The highest BCUT2D eigenvalue weighted by Gasteiger charge is 2.25. The molecule has 1 fully saturated rings. The molecular formula is C19H22N2O3. The van der Waals surface area contributed by atoms with E-state index in [1.807, 2.05) is 37.3 Å². The van der Waals surface area contributed by atoms with Gasteiger partial charge < -0.3 is 14.4 Å². The van der Waals surface area contributed by atoms with E-state index in [0.717, 1.165) is 25.1 Å². The molecule has 0 spiro atoms. The van der Waals surface area contributed by atoms with E-state index in [-0.39, 0.29) is 12.0 Å². The van der Waals surface area contributed by atoms with Crippen molar-refractivity contribution in [2.24, 2.45) is 0 Å². The molecule has 1 unspecified atom stereocenters. The van der Waals surface area contributed by atoms with Gasteiger partial charge in [-0.05, 0) is 50.1 Å². The zero-order valence-corrected chi connectivity index (χ0v) is 13.9. The smallest absolute Gasteiger partial charge is 0.258 e. The third-order valence-corrected chi connectivity index (χ3v) is 4.02. The van der Waals surface area contributed by atoms with Crippen LogP contribution in [0.15, 0.2) is 48.8 Å². The van der Waals surface area contributed by atoms with E-state index in [2.05, 4.69) is 4.98 Å². The van der Waals surface area contributed by atoms with Crippen molar-refractivity contribution in [2.75, 3.05) is 24.7 Å². The molecule has 2 heterocycles. The van der Waals surface area contributed by atoms with Crippen LogP contribution >= 0.6 is 0 Å². The molecule has 1 saturated heterocycles. The van der Waals surface area contributed by atoms with Gasteiger partial charge in [0.25, 0.3) is 5.91 Å². The van der Waals surface area contributed by atoms with Crippen molar-refractivity contribution >= 4 is 11.6 Å². The number of hydrogen-bond acceptors (Lipinski definition) is 4. The van der Waals surface area contributed by atoms with Crippen molar-refractivity contribution in [1.82, 2.24) is 4.98 Å². The number of ether oxygens (including phenoxy) is 2. The molecule has 5 heteroatoms. The number of hydrogen-bond donors (Lipinski definition) is 0. The van der Waals surface area contributed by atoms with E-state index in [1.54, 1.807) is 23.4 Å². The second-order valence-corrected chi connectivity index (χ2v) is 5.72. The second kappa shape index (κ2) is 7.93. The Morgan fingerprint density at radius 3 is 2.88 bits per heavy atom. The molecule has 1 amide bonds. The number of rotatable bonds is 6. The maximum absolute atomic E-state index is 13.1. The zero-order chi connectivity index (χ0) is 16.8. The normalized spacial score (nSPS) is 16.8. The predicted octanol–water partition coefficient (Wildman–Crippen LogP) is 3.31. The van der Waals surface area contributed by atoms with Crippen LogP contribution < -0.4 is 9.64 Å². The molecular weight excluding hydrogens is 304 g/mol. The lowest BCUT2D eigenvalue weighted by molar-refractivity contribution is 0.0917. The number of anilines is 1. The average Bonchev–Trinajstić information content (AvgIpc) is 3.14. The van der Waals surface area contributed by atoms with Crippen LogP contribution in [-0.4, -0.2) is 36.8 Å². The molecule has 0 saturated carbocycles. The highest BCUT2D eigenvalue weighted by Crippen LogP contribution is 2.22. The van der Waals surface area contributed by atoms with Gasteiger partial charge in [-0.15, -0.1) is 0 Å². The number of benzene rings is 1. The molecule has 0 radical (unpaired) electrons. The van der Waals surface area contributed by atoms with Gasteiger partial charge >= 0.3 is 0 Å². The standard InChI is InChI=1S/C19H22N2O3/c1-2-23-17-6-3-5-15(13-17)19(22)21(14-18-7-4-12-24-18)16-8-10-20-11-9-16/h3,5-6,8-11,13,18H,2,4,7,12,14H2,1H3. The Labute approximate surface area is 142 Å². The number of carbonyl (C=O) groups excluding carboxylic acids is 1. The molecule has 2 aromatic rings. The fraction of sp³-hybridized carbons (Fsp3) is 0.368. The number of aromatic nitrogens is 1. The molecule has 126 valence electrons. The van der Waals surface area contributed by atoms with E-state index in [0.29, 0.717) is 24.5 Å². The summed E-state index contributed by atoms with van der Waals surface area (Å²) in [6.45, 7) is 3.81. The second-order valence-electron chi connectivity index (χ2n) is 5.72. The molecule has 0 bridgehead atoms. The SMILES string of the molecule is CCOc1cccc(C(=O)N(CC2CCCO2)c2ccncc2)c1. The molecule has 0 N–H and O–H groups in total. The lowest BCUT2D eigenvalue weighted by Gasteiger charge is -2.25. The van der Waals surface area contributed by atoms with Gasteiger partial charge in [0.05, 0.1) is 19.3 Å². The van der Waals surface area contributed by atoms with Gasteiger partial charge in [-0.2, -0.15) is 0 Å². The number of carbonyl (C=O) groups is 1. The minimum absolute atomic E-state index is 0.0572. The van der Waals surface area contributed by atoms with Crippen LogP contribution in [0.4, 0.5) is 5.69 Å². The lowest BCUT2D eigenvalue weighted by atomic mass is 10.1. The fourth-order valence-corrected chi connectivity index (χ4v) is 2.86. The number of nitrogens with zero attached hydrogens (tertiary/aromatic N) is 2. The van der Waals surface area contributed by atoms with Crippen LogP contribution in [0.25, 0.3) is 0 Å². The summed E-state index contributed by atoms with van der Waals surface area (Å²) in [4.78, 5) is 18.9. The minimum atomic E-state index is -0.0572. The summed E-state index contributed by atoms with van der Waals surface area (Å²) in [5, 5.41) is 0. The summed E-state index contributed by atoms with van der Waals surface area (Å²) in [7, 11) is 0. The Balaban J connectivity index is 1.86. The largest absolute Gasteiger partial charge is 0.494 e. The van der Waals surface area contributed by atoms with Crippen LogP contribution in [0.1, 0.15) is 30.1 Å². The van der Waals surface area contributed by atoms with Crippen LogP contribution in [0.5, 0.6) is 5.75 Å². The Kier molecular flexibility index (Phi) is 5.43. The Morgan fingerprint density at radius 1 is 1.33 bits per heavy atom. The maximum atomic E-state index is 13.1. The summed E-state index contributed by atoms with van der Waals surface area (Å²) in [6, 6.07) is 11.0. The molecule has 3 rings (SSSR count). The Hall–Kier alpha value is -2.40. The molecule has 1 aromatic heterocycles. The van der Waals surface area contributed by atoms with E-state index in [1.165, 1.54) is 0 Å². The van der Waals surface area contributed by atoms with Gasteiger partial charge in [0.1, 0.15) is 5.75 Å². The predicted molar refractivity (Wildman–Crippen MR) is 92.5 cm³/mol. The van der Waals surface area contributed by atoms with Crippen molar-refractivity contribution < 1.29 is 14.3 Å². The topological polar surface area (TPSA) is 51.7 Å². The van der Waals surface area contributed by atoms with Crippen molar-refractivity contribution in [3.8, 4) is 5.75 Å². The first-order valence-corrected chi connectivity index (χ1v) is 8.34. The van der Waals surface area contributed by atoms with E-state index < -0.39 is 0 Å². The molecule has 1 aliphatic rings. The number of amides is 1. The third-order valence-electron chi connectivity index (χ3n) is 4.02. The lowest BCUT2D eigenvalue weighted by Crippen LogP contribution is -2.37. The summed E-state index contributed by atoms with van der Waals surface area (Å²) < 4.78 is 11.2. The van der Waals surface area contributed by atoms with Crippen molar-refractivity contribution in [3.63, 3.8) is 0 Å². The van der Waals surface area contributed by atoms with Gasteiger partial charge in [-0.3, -0.25) is 9.78 Å². The summed E-state index contributed by atoms with van der Waals surface area (Å²) in [6.07, 6.45) is 5.50. The van der Waals surface area contributed by atoms with Crippen LogP contribution in [0.2, 0.25) is 0 Å². The highest BCUT2D eigenvalue weighted by atomic mass is 16.5. The summed E-state index contributed by atoms with van der Waals surface area (Å²) in [5.74, 6) is 0.647. The minimum Gasteiger partial charge on any atom is -0.494 e. The molecule has 1 atom stereocenters. The first-order valence-electron chi connectivity index (χ1n) is 8.34. The van der Waals surface area contributed by atoms with Crippen LogP contribution in [0.3, 0.4) is 0 Å². The number of pyridine rings is 1. The first kappa shape index (κ1) is 16.5. The van der Waals surface area contributed by atoms with Crippen molar-refractivity contribution in [1.29, 1.82) is 0 Å². The maximum Gasteiger partial charge on any atom is 0.258 e. The van der Waals surface area contributed by atoms with Gasteiger partial charge in [0.2, 0.25) is 0 Å². The van der Waals surface area contributed by atoms with Crippen LogP contribution in [-0.2, 0) is 4.74 Å². The van der Waals surface area contributed by atoms with Crippen molar-refractivity contribution in [3.05, 3.63) is 54.4 Å². The van der Waals surface area contributed by atoms with E-state index >= 15 is 0 Å². The molecule has 1 aromatic carbocycles. The third kappa shape index (κ3) is 3.92. The first-order chi connectivity index (χ1) is 11.8. The van der Waals surface area contributed by atoms with Crippen molar-refractivity contribution in [2.45, 2.75) is 25.9 Å².